The molecule has 2 saturated heterocycles. The minimum absolute atomic E-state index is 0.141. The molecule has 2 fully saturated rings. The van der Waals surface area contributed by atoms with E-state index in [1.54, 1.807) is 4.90 Å². The second-order valence-electron chi connectivity index (χ2n) is 6.70. The Kier molecular flexibility index (Phi) is 5.68. The SMILES string of the molecule is CN1CCN(S(=O)(=O)c2ccc(Cl)c(C(=O)N3CCCCC3)c2)CC1. The highest BCUT2D eigenvalue weighted by Crippen LogP contribution is 2.25. The summed E-state index contributed by atoms with van der Waals surface area (Å²) in [6.07, 6.45) is 3.07. The number of carbonyl (C=O) groups is 1. The number of likely N-dealkylation sites (N-methyl/N-ethyl adjacent to an activating group) is 1. The Morgan fingerprint density at radius 2 is 1.64 bits per heavy atom. The smallest absolute Gasteiger partial charge is 0.255 e. The van der Waals surface area contributed by atoms with Gasteiger partial charge in [-0.1, -0.05) is 11.6 Å². The van der Waals surface area contributed by atoms with Crippen molar-refractivity contribution >= 4 is 27.5 Å². The zero-order chi connectivity index (χ0) is 18.0. The summed E-state index contributed by atoms with van der Waals surface area (Å²) in [7, 11) is -1.64. The van der Waals surface area contributed by atoms with Gasteiger partial charge in [0.2, 0.25) is 10.0 Å². The lowest BCUT2D eigenvalue weighted by atomic mass is 10.1. The molecule has 2 aliphatic heterocycles. The summed E-state index contributed by atoms with van der Waals surface area (Å²) in [4.78, 5) is 16.7. The van der Waals surface area contributed by atoms with Crippen molar-refractivity contribution in [3.8, 4) is 0 Å². The number of nitrogens with zero attached hydrogens (tertiary/aromatic N) is 3. The topological polar surface area (TPSA) is 60.9 Å². The van der Waals surface area contributed by atoms with Crippen molar-refractivity contribution < 1.29 is 13.2 Å². The van der Waals surface area contributed by atoms with E-state index < -0.39 is 10.0 Å². The normalized spacial score (nSPS) is 20.6. The van der Waals surface area contributed by atoms with E-state index in [1.807, 2.05) is 7.05 Å². The number of halogens is 1. The van der Waals surface area contributed by atoms with E-state index >= 15 is 0 Å². The van der Waals surface area contributed by atoms with Crippen molar-refractivity contribution in [3.05, 3.63) is 28.8 Å². The van der Waals surface area contributed by atoms with Gasteiger partial charge in [-0.25, -0.2) is 8.42 Å². The molecule has 1 aromatic carbocycles. The van der Waals surface area contributed by atoms with Gasteiger partial charge in [-0.2, -0.15) is 4.31 Å². The first-order valence-corrected chi connectivity index (χ1v) is 10.5. The van der Waals surface area contributed by atoms with Crippen LogP contribution in [0.3, 0.4) is 0 Å². The van der Waals surface area contributed by atoms with Gasteiger partial charge >= 0.3 is 0 Å². The van der Waals surface area contributed by atoms with Gasteiger partial charge in [-0.15, -0.1) is 0 Å². The minimum Gasteiger partial charge on any atom is -0.339 e. The van der Waals surface area contributed by atoms with Crippen LogP contribution >= 0.6 is 11.6 Å². The number of rotatable bonds is 3. The number of likely N-dealkylation sites (tertiary alicyclic amines) is 1. The number of benzene rings is 1. The zero-order valence-corrected chi connectivity index (χ0v) is 16.0. The van der Waals surface area contributed by atoms with Crippen molar-refractivity contribution in [2.24, 2.45) is 0 Å². The van der Waals surface area contributed by atoms with E-state index in [9.17, 15) is 13.2 Å². The minimum atomic E-state index is -3.61. The summed E-state index contributed by atoms with van der Waals surface area (Å²) in [5.74, 6) is -0.180. The second kappa shape index (κ2) is 7.61. The van der Waals surface area contributed by atoms with Crippen molar-refractivity contribution in [1.82, 2.24) is 14.1 Å². The van der Waals surface area contributed by atoms with Crippen LogP contribution in [0.5, 0.6) is 0 Å². The van der Waals surface area contributed by atoms with Crippen molar-refractivity contribution in [2.75, 3.05) is 46.3 Å². The highest BCUT2D eigenvalue weighted by molar-refractivity contribution is 7.89. The van der Waals surface area contributed by atoms with Gasteiger partial charge in [0.1, 0.15) is 0 Å². The molecule has 0 aromatic heterocycles. The van der Waals surface area contributed by atoms with E-state index in [0.29, 0.717) is 44.3 Å². The molecular weight excluding hydrogens is 362 g/mol. The Bertz CT molecular complexity index is 740. The molecule has 2 heterocycles. The number of piperidine rings is 1. The lowest BCUT2D eigenvalue weighted by molar-refractivity contribution is 0.0724. The molecule has 0 saturated carbocycles. The van der Waals surface area contributed by atoms with Crippen LogP contribution in [0, 0.1) is 0 Å². The first-order valence-electron chi connectivity index (χ1n) is 8.67. The Balaban J connectivity index is 1.86. The van der Waals surface area contributed by atoms with Crippen LogP contribution in [0.2, 0.25) is 5.02 Å². The highest BCUT2D eigenvalue weighted by atomic mass is 35.5. The number of hydrogen-bond acceptors (Lipinski definition) is 4. The Morgan fingerprint density at radius 3 is 2.28 bits per heavy atom. The van der Waals surface area contributed by atoms with Gasteiger partial charge < -0.3 is 9.80 Å². The molecule has 2 aliphatic rings. The van der Waals surface area contributed by atoms with Crippen LogP contribution < -0.4 is 0 Å². The maximum Gasteiger partial charge on any atom is 0.255 e. The predicted octanol–water partition coefficient (Wildman–Crippen LogP) is 1.90. The third-order valence-electron chi connectivity index (χ3n) is 4.91. The van der Waals surface area contributed by atoms with E-state index in [-0.39, 0.29) is 16.4 Å². The van der Waals surface area contributed by atoms with Gasteiger partial charge in [0.05, 0.1) is 15.5 Å². The monoisotopic (exact) mass is 385 g/mol. The number of sulfonamides is 1. The molecule has 8 heteroatoms. The fourth-order valence-electron chi connectivity index (χ4n) is 3.27. The van der Waals surface area contributed by atoms with E-state index in [1.165, 1.54) is 22.5 Å². The largest absolute Gasteiger partial charge is 0.339 e. The van der Waals surface area contributed by atoms with Gasteiger partial charge in [0, 0.05) is 39.3 Å². The van der Waals surface area contributed by atoms with Crippen LogP contribution in [0.4, 0.5) is 0 Å². The average Bonchev–Trinajstić information content (AvgIpc) is 2.62. The summed E-state index contributed by atoms with van der Waals surface area (Å²) in [5.41, 5.74) is 0.277. The molecule has 3 rings (SSSR count). The molecule has 1 amide bonds. The first-order chi connectivity index (χ1) is 11.9. The number of piperazine rings is 1. The average molecular weight is 386 g/mol. The molecule has 6 nitrogen and oxygen atoms in total. The molecule has 0 unspecified atom stereocenters. The fourth-order valence-corrected chi connectivity index (χ4v) is 4.92. The summed E-state index contributed by atoms with van der Waals surface area (Å²) >= 11 is 6.20. The van der Waals surface area contributed by atoms with Crippen LogP contribution in [0.1, 0.15) is 29.6 Å². The van der Waals surface area contributed by atoms with E-state index in [2.05, 4.69) is 4.90 Å². The van der Waals surface area contributed by atoms with Crippen molar-refractivity contribution in [2.45, 2.75) is 24.2 Å². The number of hydrogen-bond donors (Lipinski definition) is 0. The summed E-state index contributed by atoms with van der Waals surface area (Å²) in [6.45, 7) is 3.71. The van der Waals surface area contributed by atoms with Gasteiger partial charge in [0.25, 0.3) is 5.91 Å². The Morgan fingerprint density at radius 1 is 1.00 bits per heavy atom. The van der Waals surface area contributed by atoms with Crippen LogP contribution in [-0.2, 0) is 10.0 Å². The third-order valence-corrected chi connectivity index (χ3v) is 7.14. The molecule has 0 atom stereocenters. The quantitative estimate of drug-likeness (QED) is 0.797. The summed E-state index contributed by atoms with van der Waals surface area (Å²) in [6, 6.07) is 4.44. The highest BCUT2D eigenvalue weighted by Gasteiger charge is 2.29. The van der Waals surface area contributed by atoms with Crippen molar-refractivity contribution in [1.29, 1.82) is 0 Å². The molecule has 0 bridgehead atoms. The molecule has 0 radical (unpaired) electrons. The zero-order valence-electron chi connectivity index (χ0n) is 14.4. The molecule has 0 aliphatic carbocycles. The van der Waals surface area contributed by atoms with E-state index in [4.69, 9.17) is 11.6 Å². The molecule has 0 spiro atoms. The molecule has 1 aromatic rings. The van der Waals surface area contributed by atoms with Gasteiger partial charge in [0.15, 0.2) is 0 Å². The summed E-state index contributed by atoms with van der Waals surface area (Å²) < 4.78 is 27.3. The Hall–Kier alpha value is -1.15. The van der Waals surface area contributed by atoms with Gasteiger partial charge in [-0.05, 0) is 44.5 Å². The molecule has 25 heavy (non-hydrogen) atoms. The third kappa shape index (κ3) is 4.00. The number of carbonyl (C=O) groups excluding carboxylic acids is 1. The fraction of sp³-hybridized carbons (Fsp3) is 0.588. The Labute approximate surface area is 154 Å². The van der Waals surface area contributed by atoms with Crippen LogP contribution in [0.25, 0.3) is 0 Å². The lowest BCUT2D eigenvalue weighted by Crippen LogP contribution is -2.47. The van der Waals surface area contributed by atoms with Crippen LogP contribution in [-0.4, -0.2) is 74.7 Å². The van der Waals surface area contributed by atoms with Crippen molar-refractivity contribution in [3.63, 3.8) is 0 Å². The van der Waals surface area contributed by atoms with Crippen LogP contribution in [0.15, 0.2) is 23.1 Å². The molecule has 0 N–H and O–H groups in total. The maximum atomic E-state index is 12.9. The summed E-state index contributed by atoms with van der Waals surface area (Å²) in [5, 5.41) is 0.299. The lowest BCUT2D eigenvalue weighted by Gasteiger charge is -2.31. The second-order valence-corrected chi connectivity index (χ2v) is 9.05. The number of amides is 1. The molecular formula is C17H24ClN3O3S. The maximum absolute atomic E-state index is 12.9. The predicted molar refractivity (Wildman–Crippen MR) is 97.5 cm³/mol. The molecule has 138 valence electrons. The van der Waals surface area contributed by atoms with E-state index in [0.717, 1.165) is 19.3 Å². The first kappa shape index (κ1) is 18.6. The van der Waals surface area contributed by atoms with Gasteiger partial charge in [-0.3, -0.25) is 4.79 Å². The standard InChI is InChI=1S/C17H24ClN3O3S/c1-19-9-11-21(12-10-19)25(23,24)14-5-6-16(18)15(13-14)17(22)20-7-3-2-4-8-20/h5-6,13H,2-4,7-12H2,1H3.